The maximum absolute atomic E-state index is 13.2. The van der Waals surface area contributed by atoms with Gasteiger partial charge in [-0.15, -0.1) is 11.6 Å². The summed E-state index contributed by atoms with van der Waals surface area (Å²) in [6, 6.07) is 10.1. The summed E-state index contributed by atoms with van der Waals surface area (Å²) in [4.78, 5) is 42.9. The molecule has 0 unspecified atom stereocenters. The normalized spacial score (nSPS) is 11.5. The third-order valence-electron chi connectivity index (χ3n) is 4.01. The molecule has 0 aliphatic carbocycles. The molecule has 9 heteroatoms. The van der Waals surface area contributed by atoms with Gasteiger partial charge in [0.05, 0.1) is 16.3 Å². The van der Waals surface area contributed by atoms with Crippen molar-refractivity contribution < 1.29 is 4.79 Å². The van der Waals surface area contributed by atoms with Gasteiger partial charge in [0.25, 0.3) is 17.0 Å². The minimum atomic E-state index is -0.704. The molecular formula is C17H8Br2ClN3O3. The zero-order valence-electron chi connectivity index (χ0n) is 12.9. The summed E-state index contributed by atoms with van der Waals surface area (Å²) in [6.07, 6.45) is 0. The van der Waals surface area contributed by atoms with E-state index in [1.807, 2.05) is 0 Å². The molecule has 0 atom stereocenters. The number of hydrogen-bond donors (Lipinski definition) is 0. The van der Waals surface area contributed by atoms with E-state index in [1.54, 1.807) is 36.4 Å². The van der Waals surface area contributed by atoms with Gasteiger partial charge in [0.15, 0.2) is 5.65 Å². The zero-order chi connectivity index (χ0) is 18.6. The van der Waals surface area contributed by atoms with Crippen molar-refractivity contribution in [2.75, 3.05) is 5.88 Å². The first-order chi connectivity index (χ1) is 12.4. The number of halogens is 3. The van der Waals surface area contributed by atoms with Gasteiger partial charge in [0, 0.05) is 14.3 Å². The summed E-state index contributed by atoms with van der Waals surface area (Å²) in [5.74, 6) is -1.15. The number of carbonyl (C=O) groups is 1. The number of nitrogens with zero attached hydrogens (tertiary/aromatic N) is 3. The first-order valence-corrected chi connectivity index (χ1v) is 9.51. The van der Waals surface area contributed by atoms with E-state index in [4.69, 9.17) is 11.6 Å². The van der Waals surface area contributed by atoms with Crippen LogP contribution in [0.15, 0.2) is 54.9 Å². The van der Waals surface area contributed by atoms with Crippen molar-refractivity contribution in [3.63, 3.8) is 0 Å². The smallest absolute Gasteiger partial charge is 0.271 e. The number of hydrogen-bond acceptors (Lipinski definition) is 4. The van der Waals surface area contributed by atoms with Gasteiger partial charge < -0.3 is 0 Å². The quantitative estimate of drug-likeness (QED) is 0.229. The van der Waals surface area contributed by atoms with Gasteiger partial charge in [-0.05, 0) is 34.1 Å². The molecule has 0 N–H and O–H groups in total. The van der Waals surface area contributed by atoms with Crippen molar-refractivity contribution in [1.82, 2.24) is 14.2 Å². The molecule has 0 amide bonds. The SMILES string of the molecule is O=C(CCl)n1c(=O)c2ccccc2c2nc3c(Br)cc(Br)cc3c(=O)n21. The molecule has 0 aliphatic rings. The summed E-state index contributed by atoms with van der Waals surface area (Å²) in [5.41, 5.74) is -0.504. The van der Waals surface area contributed by atoms with E-state index >= 15 is 0 Å². The number of fused-ring (bicyclic) bond motifs is 4. The van der Waals surface area contributed by atoms with Crippen LogP contribution in [0.3, 0.4) is 0 Å². The highest BCUT2D eigenvalue weighted by atomic mass is 79.9. The van der Waals surface area contributed by atoms with Crippen LogP contribution >= 0.6 is 43.5 Å². The van der Waals surface area contributed by atoms with E-state index in [1.165, 1.54) is 0 Å². The average molecular weight is 498 g/mol. The molecule has 0 fully saturated rings. The fourth-order valence-corrected chi connectivity index (χ4v) is 4.34. The Kier molecular flexibility index (Phi) is 4.21. The van der Waals surface area contributed by atoms with Crippen LogP contribution in [-0.2, 0) is 0 Å². The minimum absolute atomic E-state index is 0.208. The van der Waals surface area contributed by atoms with Crippen molar-refractivity contribution in [2.24, 2.45) is 0 Å². The molecule has 26 heavy (non-hydrogen) atoms. The molecule has 2 aromatic carbocycles. The topological polar surface area (TPSA) is 73.4 Å². The van der Waals surface area contributed by atoms with Crippen LogP contribution in [0, 0.1) is 0 Å². The van der Waals surface area contributed by atoms with Crippen molar-refractivity contribution in [1.29, 1.82) is 0 Å². The monoisotopic (exact) mass is 495 g/mol. The van der Waals surface area contributed by atoms with Crippen LogP contribution in [-0.4, -0.2) is 26.0 Å². The van der Waals surface area contributed by atoms with Crippen molar-refractivity contribution in [3.8, 4) is 0 Å². The molecule has 2 heterocycles. The Bertz CT molecular complexity index is 1360. The first-order valence-electron chi connectivity index (χ1n) is 7.38. The van der Waals surface area contributed by atoms with Gasteiger partial charge in [-0.25, -0.2) is 4.98 Å². The van der Waals surface area contributed by atoms with E-state index in [-0.39, 0.29) is 16.4 Å². The van der Waals surface area contributed by atoms with Crippen LogP contribution in [0.25, 0.3) is 27.3 Å². The number of rotatable bonds is 1. The third-order valence-corrected chi connectivity index (χ3v) is 5.30. The lowest BCUT2D eigenvalue weighted by Crippen LogP contribution is -2.38. The molecule has 0 spiro atoms. The Labute approximate surface area is 167 Å². The Morgan fingerprint density at radius 2 is 1.73 bits per heavy atom. The van der Waals surface area contributed by atoms with Gasteiger partial charge in [0.2, 0.25) is 0 Å². The van der Waals surface area contributed by atoms with Crippen LogP contribution < -0.4 is 11.1 Å². The van der Waals surface area contributed by atoms with Crippen LogP contribution in [0.4, 0.5) is 0 Å². The van der Waals surface area contributed by atoms with Gasteiger partial charge in [-0.3, -0.25) is 14.4 Å². The summed E-state index contributed by atoms with van der Waals surface area (Å²) in [6.45, 7) is 0. The Morgan fingerprint density at radius 1 is 1.04 bits per heavy atom. The lowest BCUT2D eigenvalue weighted by atomic mass is 10.2. The fourth-order valence-electron chi connectivity index (χ4n) is 2.92. The van der Waals surface area contributed by atoms with E-state index in [9.17, 15) is 14.4 Å². The van der Waals surface area contributed by atoms with Crippen LogP contribution in [0.2, 0.25) is 0 Å². The van der Waals surface area contributed by atoms with Crippen molar-refractivity contribution >= 4 is 76.7 Å². The van der Waals surface area contributed by atoms with Crippen LogP contribution in [0.1, 0.15) is 4.79 Å². The highest BCUT2D eigenvalue weighted by Crippen LogP contribution is 2.26. The van der Waals surface area contributed by atoms with E-state index in [2.05, 4.69) is 36.8 Å². The number of carbonyl (C=O) groups excluding carboxylic acids is 1. The number of alkyl halides is 1. The molecule has 0 bridgehead atoms. The first kappa shape index (κ1) is 17.4. The second kappa shape index (κ2) is 6.29. The second-order valence-electron chi connectivity index (χ2n) is 5.53. The maximum atomic E-state index is 13.2. The summed E-state index contributed by atoms with van der Waals surface area (Å²) >= 11 is 12.4. The molecule has 0 radical (unpaired) electrons. The standard InChI is InChI=1S/C17H8Br2ClN3O3/c18-8-5-11-14(12(19)6-8)21-15-9-3-1-2-4-10(9)16(25)22(13(24)7-20)23(15)17(11)26/h1-6H,7H2. The molecule has 0 aliphatic heterocycles. The third kappa shape index (κ3) is 2.44. The lowest BCUT2D eigenvalue weighted by Gasteiger charge is -2.13. The van der Waals surface area contributed by atoms with E-state index in [0.717, 1.165) is 9.20 Å². The largest absolute Gasteiger partial charge is 0.281 e. The average Bonchev–Trinajstić information content (AvgIpc) is 2.63. The summed E-state index contributed by atoms with van der Waals surface area (Å²) in [5, 5.41) is 1.02. The Balaban J connectivity index is 2.42. The van der Waals surface area contributed by atoms with Gasteiger partial charge in [-0.1, -0.05) is 34.1 Å². The molecule has 4 rings (SSSR count). The number of benzene rings is 2. The maximum Gasteiger partial charge on any atom is 0.281 e. The predicted molar refractivity (Wildman–Crippen MR) is 107 cm³/mol. The Hall–Kier alpha value is -2.03. The highest BCUT2D eigenvalue weighted by Gasteiger charge is 2.20. The predicted octanol–water partition coefficient (Wildman–Crippen LogP) is 3.57. The molecule has 4 aromatic rings. The molecule has 130 valence electrons. The summed E-state index contributed by atoms with van der Waals surface area (Å²) < 4.78 is 3.03. The van der Waals surface area contributed by atoms with E-state index in [0.29, 0.717) is 19.8 Å². The summed E-state index contributed by atoms with van der Waals surface area (Å²) in [7, 11) is 0. The second-order valence-corrected chi connectivity index (χ2v) is 7.56. The fraction of sp³-hybridized carbons (Fsp3) is 0.0588. The van der Waals surface area contributed by atoms with Gasteiger partial charge in [-0.2, -0.15) is 9.20 Å². The van der Waals surface area contributed by atoms with Gasteiger partial charge >= 0.3 is 0 Å². The lowest BCUT2D eigenvalue weighted by molar-refractivity contribution is 0.0913. The minimum Gasteiger partial charge on any atom is -0.271 e. The van der Waals surface area contributed by atoms with Crippen molar-refractivity contribution in [2.45, 2.75) is 0 Å². The zero-order valence-corrected chi connectivity index (χ0v) is 16.8. The molecule has 0 saturated carbocycles. The molecule has 2 aromatic heterocycles. The van der Waals surface area contributed by atoms with Crippen LogP contribution in [0.5, 0.6) is 0 Å². The molecular weight excluding hydrogens is 489 g/mol. The number of aromatic nitrogens is 3. The van der Waals surface area contributed by atoms with Gasteiger partial charge in [0.1, 0.15) is 5.88 Å². The van der Waals surface area contributed by atoms with Crippen molar-refractivity contribution in [3.05, 3.63) is 66.1 Å². The molecule has 6 nitrogen and oxygen atoms in total. The Morgan fingerprint density at radius 3 is 2.42 bits per heavy atom. The van der Waals surface area contributed by atoms with E-state index < -0.39 is 22.9 Å². The molecule has 0 saturated heterocycles. The highest BCUT2D eigenvalue weighted by molar-refractivity contribution is 9.11.